The van der Waals surface area contributed by atoms with E-state index in [1.54, 1.807) is 7.11 Å². The summed E-state index contributed by atoms with van der Waals surface area (Å²) < 4.78 is 61.9. The van der Waals surface area contributed by atoms with Gasteiger partial charge >= 0.3 is 6.36 Å². The summed E-state index contributed by atoms with van der Waals surface area (Å²) in [6, 6.07) is 8.81. The molecule has 0 unspecified atom stereocenters. The molecule has 0 spiro atoms. The summed E-state index contributed by atoms with van der Waals surface area (Å²) in [6.07, 6.45) is -2.12. The Balaban J connectivity index is 1.63. The number of aryl methyl sites for hydroxylation is 1. The fraction of sp³-hybridized carbons (Fsp3) is 0.300. The first kappa shape index (κ1) is 20.0. The Labute approximate surface area is 159 Å². The van der Waals surface area contributed by atoms with Crippen molar-refractivity contribution in [2.45, 2.75) is 19.3 Å². The molecule has 1 N–H and O–H groups in total. The molecule has 0 aliphatic rings. The lowest BCUT2D eigenvalue weighted by Crippen LogP contribution is -2.19. The van der Waals surface area contributed by atoms with Crippen LogP contribution >= 0.6 is 0 Å². The number of benzene rings is 2. The number of nitrogens with one attached hydrogen (secondary N) is 1. The fourth-order valence-corrected chi connectivity index (χ4v) is 3.11. The first-order valence-corrected chi connectivity index (χ1v) is 8.63. The normalized spacial score (nSPS) is 11.8. The minimum absolute atomic E-state index is 0.0922. The van der Waals surface area contributed by atoms with Gasteiger partial charge < -0.3 is 19.4 Å². The van der Waals surface area contributed by atoms with Gasteiger partial charge in [0.1, 0.15) is 17.3 Å². The van der Waals surface area contributed by atoms with E-state index in [1.807, 2.05) is 36.0 Å². The van der Waals surface area contributed by atoms with Crippen molar-refractivity contribution in [3.05, 3.63) is 59.5 Å². The number of aromatic nitrogens is 1. The van der Waals surface area contributed by atoms with Crippen LogP contribution in [0.4, 0.5) is 17.6 Å². The first-order valence-electron chi connectivity index (χ1n) is 8.63. The second-order valence-electron chi connectivity index (χ2n) is 6.38. The number of fused-ring (bicyclic) bond motifs is 1. The molecule has 1 aromatic heterocycles. The van der Waals surface area contributed by atoms with Crippen LogP contribution in [0.2, 0.25) is 0 Å². The summed E-state index contributed by atoms with van der Waals surface area (Å²) in [5.74, 6) is -0.264. The molecule has 4 nitrogen and oxygen atoms in total. The minimum Gasteiger partial charge on any atom is -0.497 e. The Morgan fingerprint density at radius 2 is 1.79 bits per heavy atom. The largest absolute Gasteiger partial charge is 0.573 e. The van der Waals surface area contributed by atoms with Gasteiger partial charge in [-0.1, -0.05) is 0 Å². The van der Waals surface area contributed by atoms with E-state index in [4.69, 9.17) is 4.74 Å². The quantitative estimate of drug-likeness (QED) is 0.470. The number of methoxy groups -OCH3 is 1. The van der Waals surface area contributed by atoms with Gasteiger partial charge in [-0.2, -0.15) is 0 Å². The average molecular weight is 396 g/mol. The monoisotopic (exact) mass is 396 g/mol. The van der Waals surface area contributed by atoms with E-state index < -0.39 is 17.9 Å². The van der Waals surface area contributed by atoms with E-state index in [1.165, 1.54) is 0 Å². The number of hydrogen-bond acceptors (Lipinski definition) is 3. The molecule has 2 aromatic carbocycles. The zero-order chi connectivity index (χ0) is 20.3. The van der Waals surface area contributed by atoms with Gasteiger partial charge in [0.05, 0.1) is 7.11 Å². The van der Waals surface area contributed by atoms with Gasteiger partial charge in [0, 0.05) is 36.3 Å². The first-order chi connectivity index (χ1) is 13.3. The Morgan fingerprint density at radius 1 is 1.04 bits per heavy atom. The summed E-state index contributed by atoms with van der Waals surface area (Å²) in [6.45, 7) is 0.620. The Hall–Kier alpha value is -2.74. The van der Waals surface area contributed by atoms with Crippen molar-refractivity contribution in [1.29, 1.82) is 0 Å². The summed E-state index contributed by atoms with van der Waals surface area (Å²) in [7, 11) is 3.56. The number of rotatable bonds is 7. The molecule has 0 bridgehead atoms. The van der Waals surface area contributed by atoms with Crippen LogP contribution in [0.1, 0.15) is 11.1 Å². The van der Waals surface area contributed by atoms with Crippen LogP contribution < -0.4 is 14.8 Å². The average Bonchev–Trinajstić information content (AvgIpc) is 2.95. The van der Waals surface area contributed by atoms with Crippen LogP contribution in [0.15, 0.2) is 42.6 Å². The summed E-state index contributed by atoms with van der Waals surface area (Å²) >= 11 is 0. The molecule has 0 aliphatic heterocycles. The molecule has 28 heavy (non-hydrogen) atoms. The molecule has 150 valence electrons. The van der Waals surface area contributed by atoms with E-state index >= 15 is 0 Å². The highest BCUT2D eigenvalue weighted by atomic mass is 19.4. The minimum atomic E-state index is -4.81. The van der Waals surface area contributed by atoms with Gasteiger partial charge in [-0.25, -0.2) is 4.39 Å². The number of ether oxygens (including phenoxy) is 2. The van der Waals surface area contributed by atoms with Gasteiger partial charge in [0.2, 0.25) is 0 Å². The van der Waals surface area contributed by atoms with Crippen LogP contribution in [0.3, 0.4) is 0 Å². The number of halogens is 4. The van der Waals surface area contributed by atoms with Gasteiger partial charge in [0.15, 0.2) is 0 Å². The second kappa shape index (κ2) is 8.10. The third kappa shape index (κ3) is 4.75. The van der Waals surface area contributed by atoms with Crippen LogP contribution in [0.5, 0.6) is 11.5 Å². The van der Waals surface area contributed by atoms with E-state index in [-0.39, 0.29) is 12.1 Å². The van der Waals surface area contributed by atoms with E-state index in [0.717, 1.165) is 40.4 Å². The molecule has 1 heterocycles. The zero-order valence-corrected chi connectivity index (χ0v) is 15.4. The lowest BCUT2D eigenvalue weighted by Gasteiger charge is -2.11. The molecule has 3 rings (SSSR count). The van der Waals surface area contributed by atoms with Crippen molar-refractivity contribution >= 4 is 10.9 Å². The topological polar surface area (TPSA) is 35.4 Å². The zero-order valence-electron chi connectivity index (χ0n) is 15.4. The maximum atomic E-state index is 13.9. The van der Waals surface area contributed by atoms with Crippen LogP contribution in [-0.2, 0) is 20.0 Å². The number of alkyl halides is 3. The molecular formula is C20H20F4N2O2. The van der Waals surface area contributed by atoms with Crippen molar-refractivity contribution < 1.29 is 27.0 Å². The summed E-state index contributed by atoms with van der Waals surface area (Å²) in [4.78, 5) is 0. The van der Waals surface area contributed by atoms with Crippen molar-refractivity contribution in [3.8, 4) is 11.5 Å². The molecule has 0 saturated heterocycles. The molecule has 0 saturated carbocycles. The summed E-state index contributed by atoms with van der Waals surface area (Å²) in [5.41, 5.74) is 2.28. The smallest absolute Gasteiger partial charge is 0.497 e. The van der Waals surface area contributed by atoms with Crippen LogP contribution in [0, 0.1) is 5.82 Å². The number of nitrogens with zero attached hydrogens (tertiary/aromatic N) is 1. The Morgan fingerprint density at radius 3 is 2.50 bits per heavy atom. The maximum absolute atomic E-state index is 13.9. The standard InChI is InChI=1S/C20H20F4N2O2/c1-26-12-13(17-10-15(27-2)4-6-19(17)26)7-8-25-11-14-9-16(3-5-18(14)21)28-20(22,23)24/h3-6,9-10,12,25H,7-8,11H2,1-2H3. The highest BCUT2D eigenvalue weighted by molar-refractivity contribution is 5.85. The lowest BCUT2D eigenvalue weighted by atomic mass is 10.1. The van der Waals surface area contributed by atoms with Crippen molar-refractivity contribution in [2.75, 3.05) is 13.7 Å². The summed E-state index contributed by atoms with van der Waals surface area (Å²) in [5, 5.41) is 4.13. The van der Waals surface area contributed by atoms with E-state index in [0.29, 0.717) is 13.0 Å². The molecule has 0 aliphatic carbocycles. The second-order valence-corrected chi connectivity index (χ2v) is 6.38. The third-order valence-electron chi connectivity index (χ3n) is 4.42. The predicted molar refractivity (Wildman–Crippen MR) is 98.0 cm³/mol. The van der Waals surface area contributed by atoms with Crippen LogP contribution in [-0.4, -0.2) is 24.6 Å². The van der Waals surface area contributed by atoms with Gasteiger partial charge in [0.25, 0.3) is 0 Å². The van der Waals surface area contributed by atoms with Gasteiger partial charge in [-0.05, 0) is 54.9 Å². The molecule has 0 amide bonds. The molecular weight excluding hydrogens is 376 g/mol. The third-order valence-corrected chi connectivity index (χ3v) is 4.42. The van der Waals surface area contributed by atoms with Gasteiger partial charge in [-0.15, -0.1) is 13.2 Å². The van der Waals surface area contributed by atoms with Crippen molar-refractivity contribution in [3.63, 3.8) is 0 Å². The van der Waals surface area contributed by atoms with Crippen molar-refractivity contribution in [2.24, 2.45) is 7.05 Å². The SMILES string of the molecule is COc1ccc2c(c1)c(CCNCc1cc(OC(F)(F)F)ccc1F)cn2C. The van der Waals surface area contributed by atoms with E-state index in [2.05, 4.69) is 10.1 Å². The highest BCUT2D eigenvalue weighted by Crippen LogP contribution is 2.26. The highest BCUT2D eigenvalue weighted by Gasteiger charge is 2.31. The van der Waals surface area contributed by atoms with Crippen molar-refractivity contribution in [1.82, 2.24) is 9.88 Å². The van der Waals surface area contributed by atoms with E-state index in [9.17, 15) is 17.6 Å². The molecule has 3 aromatic rings. The fourth-order valence-electron chi connectivity index (χ4n) is 3.11. The molecule has 8 heteroatoms. The molecule has 0 fully saturated rings. The Kier molecular flexibility index (Phi) is 5.79. The maximum Gasteiger partial charge on any atom is 0.573 e. The van der Waals surface area contributed by atoms with Crippen LogP contribution in [0.25, 0.3) is 10.9 Å². The predicted octanol–water partition coefficient (Wildman–Crippen LogP) is 4.56. The lowest BCUT2D eigenvalue weighted by molar-refractivity contribution is -0.274. The number of hydrogen-bond donors (Lipinski definition) is 1. The molecule has 0 radical (unpaired) electrons. The van der Waals surface area contributed by atoms with Gasteiger partial charge in [-0.3, -0.25) is 0 Å². The molecule has 0 atom stereocenters. The Bertz CT molecular complexity index is 967.